The van der Waals surface area contributed by atoms with Crippen molar-refractivity contribution in [2.24, 2.45) is 0 Å². The average Bonchev–Trinajstić information content (AvgIpc) is 2.47. The van der Waals surface area contributed by atoms with Crippen LogP contribution < -0.4 is 4.74 Å². The van der Waals surface area contributed by atoms with Crippen molar-refractivity contribution in [1.82, 2.24) is 0 Å². The summed E-state index contributed by atoms with van der Waals surface area (Å²) in [6, 6.07) is 4.00. The molecule has 1 aliphatic carbocycles. The largest absolute Gasteiger partial charge is 0.496 e. The standard InChI is InChI=1S/C15H19FO3/c1-18-13-7-6-11(16)10-12(13)14(17)15(19-2)8-4-3-5-9-15/h6-7,10H,3-5,8-9H2,1-2H3. The molecule has 0 aromatic heterocycles. The molecule has 1 fully saturated rings. The van der Waals surface area contributed by atoms with Crippen LogP contribution in [0.25, 0.3) is 0 Å². The van der Waals surface area contributed by atoms with Crippen LogP contribution in [0.4, 0.5) is 4.39 Å². The van der Waals surface area contributed by atoms with Crippen LogP contribution in [0.3, 0.4) is 0 Å². The molecule has 0 radical (unpaired) electrons. The monoisotopic (exact) mass is 266 g/mol. The Kier molecular flexibility index (Phi) is 4.20. The summed E-state index contributed by atoms with van der Waals surface area (Å²) in [4.78, 5) is 12.7. The van der Waals surface area contributed by atoms with Crippen molar-refractivity contribution in [1.29, 1.82) is 0 Å². The van der Waals surface area contributed by atoms with Crippen molar-refractivity contribution in [3.05, 3.63) is 29.6 Å². The van der Waals surface area contributed by atoms with Crippen LogP contribution in [0, 0.1) is 5.82 Å². The van der Waals surface area contributed by atoms with Crippen LogP contribution >= 0.6 is 0 Å². The van der Waals surface area contributed by atoms with Gasteiger partial charge in [-0.05, 0) is 31.0 Å². The maximum Gasteiger partial charge on any atom is 0.198 e. The van der Waals surface area contributed by atoms with Gasteiger partial charge in [-0.2, -0.15) is 0 Å². The lowest BCUT2D eigenvalue weighted by molar-refractivity contribution is -0.0196. The lowest BCUT2D eigenvalue weighted by atomic mass is 9.79. The SMILES string of the molecule is COc1ccc(F)cc1C(=O)C1(OC)CCCCC1. The number of benzene rings is 1. The molecule has 2 rings (SSSR count). The molecule has 3 nitrogen and oxygen atoms in total. The Bertz CT molecular complexity index is 464. The second-order valence-corrected chi connectivity index (χ2v) is 4.93. The summed E-state index contributed by atoms with van der Waals surface area (Å²) in [6.07, 6.45) is 4.39. The van der Waals surface area contributed by atoms with E-state index in [1.165, 1.54) is 25.3 Å². The Morgan fingerprint density at radius 1 is 1.21 bits per heavy atom. The van der Waals surface area contributed by atoms with E-state index in [9.17, 15) is 9.18 Å². The van der Waals surface area contributed by atoms with Gasteiger partial charge in [0.25, 0.3) is 0 Å². The van der Waals surface area contributed by atoms with Gasteiger partial charge in [-0.25, -0.2) is 4.39 Å². The van der Waals surface area contributed by atoms with Gasteiger partial charge in [0, 0.05) is 7.11 Å². The molecular weight excluding hydrogens is 247 g/mol. The smallest absolute Gasteiger partial charge is 0.198 e. The van der Waals surface area contributed by atoms with Gasteiger partial charge < -0.3 is 9.47 Å². The average molecular weight is 266 g/mol. The van der Waals surface area contributed by atoms with Crippen LogP contribution in [0.5, 0.6) is 5.75 Å². The van der Waals surface area contributed by atoms with E-state index in [0.717, 1.165) is 19.3 Å². The molecule has 0 bridgehead atoms. The number of Topliss-reactive ketones (excluding diaryl/α,β-unsaturated/α-hetero) is 1. The van der Waals surface area contributed by atoms with Gasteiger partial charge in [0.2, 0.25) is 0 Å². The van der Waals surface area contributed by atoms with Gasteiger partial charge in [-0.3, -0.25) is 4.79 Å². The van der Waals surface area contributed by atoms with E-state index in [4.69, 9.17) is 9.47 Å². The summed E-state index contributed by atoms with van der Waals surface area (Å²) in [5.74, 6) is -0.217. The Morgan fingerprint density at radius 2 is 1.89 bits per heavy atom. The van der Waals surface area contributed by atoms with Gasteiger partial charge >= 0.3 is 0 Å². The first-order valence-electron chi connectivity index (χ1n) is 6.56. The normalized spacial score (nSPS) is 18.1. The van der Waals surface area contributed by atoms with Crippen LogP contribution in [0.2, 0.25) is 0 Å². The highest BCUT2D eigenvalue weighted by Gasteiger charge is 2.41. The molecule has 1 aromatic carbocycles. The Morgan fingerprint density at radius 3 is 2.47 bits per heavy atom. The number of carbonyl (C=O) groups is 1. The summed E-state index contributed by atoms with van der Waals surface area (Å²) >= 11 is 0. The minimum atomic E-state index is -0.820. The number of rotatable bonds is 4. The maximum absolute atomic E-state index is 13.4. The number of ether oxygens (including phenoxy) is 2. The van der Waals surface area contributed by atoms with Gasteiger partial charge in [0.1, 0.15) is 17.2 Å². The minimum absolute atomic E-state index is 0.175. The number of carbonyl (C=O) groups excluding carboxylic acids is 1. The summed E-state index contributed by atoms with van der Waals surface area (Å²) in [5, 5.41) is 0. The Balaban J connectivity index is 2.39. The predicted molar refractivity (Wildman–Crippen MR) is 70.1 cm³/mol. The first kappa shape index (κ1) is 14.0. The molecule has 0 unspecified atom stereocenters. The fourth-order valence-corrected chi connectivity index (χ4v) is 2.75. The summed E-state index contributed by atoms with van der Waals surface area (Å²) < 4.78 is 24.1. The zero-order chi connectivity index (χ0) is 13.9. The van der Waals surface area contributed by atoms with E-state index in [1.807, 2.05) is 0 Å². The van der Waals surface area contributed by atoms with E-state index in [2.05, 4.69) is 0 Å². The molecule has 0 atom stereocenters. The topological polar surface area (TPSA) is 35.5 Å². The van der Waals surface area contributed by atoms with Crippen molar-refractivity contribution < 1.29 is 18.7 Å². The number of ketones is 1. The van der Waals surface area contributed by atoms with Gasteiger partial charge in [-0.1, -0.05) is 19.3 Å². The highest BCUT2D eigenvalue weighted by atomic mass is 19.1. The lowest BCUT2D eigenvalue weighted by Gasteiger charge is -2.34. The summed E-state index contributed by atoms with van der Waals surface area (Å²) in [7, 11) is 3.03. The van der Waals surface area contributed by atoms with Crippen LogP contribution in [0.1, 0.15) is 42.5 Å². The molecule has 4 heteroatoms. The molecule has 0 amide bonds. The van der Waals surface area contributed by atoms with E-state index in [1.54, 1.807) is 7.11 Å². The van der Waals surface area contributed by atoms with Crippen LogP contribution in [-0.2, 0) is 4.74 Å². The molecule has 0 N–H and O–H groups in total. The molecule has 1 aromatic rings. The van der Waals surface area contributed by atoms with Crippen molar-refractivity contribution in [2.45, 2.75) is 37.7 Å². The second-order valence-electron chi connectivity index (χ2n) is 4.93. The minimum Gasteiger partial charge on any atom is -0.496 e. The van der Waals surface area contributed by atoms with Crippen molar-refractivity contribution in [3.63, 3.8) is 0 Å². The van der Waals surface area contributed by atoms with Crippen molar-refractivity contribution >= 4 is 5.78 Å². The van der Waals surface area contributed by atoms with Crippen molar-refractivity contribution in [2.75, 3.05) is 14.2 Å². The highest BCUT2D eigenvalue weighted by molar-refractivity contribution is 6.04. The third-order valence-electron chi connectivity index (χ3n) is 3.87. The third-order valence-corrected chi connectivity index (χ3v) is 3.87. The number of hydrogen-bond acceptors (Lipinski definition) is 3. The first-order chi connectivity index (χ1) is 9.13. The first-order valence-corrected chi connectivity index (χ1v) is 6.56. The van der Waals surface area contributed by atoms with Gasteiger partial charge in [0.15, 0.2) is 5.78 Å². The maximum atomic E-state index is 13.4. The van der Waals surface area contributed by atoms with Crippen molar-refractivity contribution in [3.8, 4) is 5.75 Å². The molecule has 0 heterocycles. The number of hydrogen-bond donors (Lipinski definition) is 0. The zero-order valence-electron chi connectivity index (χ0n) is 11.4. The van der Waals surface area contributed by atoms with Gasteiger partial charge in [-0.15, -0.1) is 0 Å². The lowest BCUT2D eigenvalue weighted by Crippen LogP contribution is -2.42. The molecule has 1 saturated carbocycles. The Labute approximate surface area is 112 Å². The third kappa shape index (κ3) is 2.63. The molecule has 104 valence electrons. The zero-order valence-corrected chi connectivity index (χ0v) is 11.4. The molecule has 0 aliphatic heterocycles. The number of methoxy groups -OCH3 is 2. The summed E-state index contributed by atoms with van der Waals surface area (Å²) in [6.45, 7) is 0. The van der Waals surface area contributed by atoms with Crippen LogP contribution in [-0.4, -0.2) is 25.6 Å². The van der Waals surface area contributed by atoms with Crippen LogP contribution in [0.15, 0.2) is 18.2 Å². The van der Waals surface area contributed by atoms with E-state index in [-0.39, 0.29) is 11.3 Å². The predicted octanol–water partition coefficient (Wildman–Crippen LogP) is 3.37. The van der Waals surface area contributed by atoms with E-state index in [0.29, 0.717) is 18.6 Å². The highest BCUT2D eigenvalue weighted by Crippen LogP contribution is 2.36. The van der Waals surface area contributed by atoms with E-state index < -0.39 is 11.4 Å². The molecule has 0 saturated heterocycles. The molecular formula is C15H19FO3. The fraction of sp³-hybridized carbons (Fsp3) is 0.533. The Hall–Kier alpha value is -1.42. The number of halogens is 1. The second kappa shape index (κ2) is 5.70. The quantitative estimate of drug-likeness (QED) is 0.784. The summed E-state index contributed by atoms with van der Waals surface area (Å²) in [5.41, 5.74) is -0.550. The molecule has 19 heavy (non-hydrogen) atoms. The fourth-order valence-electron chi connectivity index (χ4n) is 2.75. The van der Waals surface area contributed by atoms with E-state index >= 15 is 0 Å². The molecule has 1 aliphatic rings. The van der Waals surface area contributed by atoms with Gasteiger partial charge in [0.05, 0.1) is 12.7 Å². The molecule has 0 spiro atoms.